The predicted molar refractivity (Wildman–Crippen MR) is 145 cm³/mol. The van der Waals surface area contributed by atoms with Crippen molar-refractivity contribution >= 4 is 38.9 Å². The first kappa shape index (κ1) is 22.6. The first-order chi connectivity index (χ1) is 16.7. The largest absolute Gasteiger partial charge is 0.385 e. The van der Waals surface area contributed by atoms with E-state index in [0.29, 0.717) is 0 Å². The van der Waals surface area contributed by atoms with E-state index in [1.807, 2.05) is 42.6 Å². The zero-order valence-corrected chi connectivity index (χ0v) is 21.0. The number of thiocarbonyl (C=S) groups is 1. The Morgan fingerprint density at radius 2 is 1.82 bits per heavy atom. The van der Waals surface area contributed by atoms with E-state index in [2.05, 4.69) is 95.7 Å². The van der Waals surface area contributed by atoms with Crippen molar-refractivity contribution in [2.75, 3.05) is 18.4 Å². The average Bonchev–Trinajstić information content (AvgIpc) is 3.47. The molecule has 1 saturated heterocycles. The third-order valence-corrected chi connectivity index (χ3v) is 6.89. The molecule has 0 aliphatic carbocycles. The van der Waals surface area contributed by atoms with E-state index >= 15 is 0 Å². The molecule has 1 fully saturated rings. The maximum atomic E-state index is 5.84. The van der Waals surface area contributed by atoms with Crippen LogP contribution in [0.1, 0.15) is 29.9 Å². The first-order valence-electron chi connectivity index (χ1n) is 11.4. The monoisotopic (exact) mass is 531 g/mol. The van der Waals surface area contributed by atoms with Crippen molar-refractivity contribution in [3.05, 3.63) is 113 Å². The number of benzene rings is 2. The van der Waals surface area contributed by atoms with Crippen LogP contribution in [0.5, 0.6) is 0 Å². The highest BCUT2D eigenvalue weighted by molar-refractivity contribution is 9.10. The molecule has 34 heavy (non-hydrogen) atoms. The number of hydrogen-bond acceptors (Lipinski definition) is 3. The summed E-state index contributed by atoms with van der Waals surface area (Å²) in [5.41, 5.74) is 4.41. The lowest BCUT2D eigenvalue weighted by atomic mass is 10.0. The topological polar surface area (TPSA) is 45.1 Å². The Morgan fingerprint density at radius 1 is 0.971 bits per heavy atom. The molecule has 2 aromatic carbocycles. The van der Waals surface area contributed by atoms with Crippen molar-refractivity contribution in [1.29, 1.82) is 0 Å². The van der Waals surface area contributed by atoms with Gasteiger partial charge in [0, 0.05) is 47.0 Å². The predicted octanol–water partition coefficient (Wildman–Crippen LogP) is 6.11. The molecule has 0 saturated carbocycles. The molecule has 0 spiro atoms. The smallest absolute Gasteiger partial charge is 0.170 e. The van der Waals surface area contributed by atoms with Crippen LogP contribution in [0.4, 0.5) is 5.69 Å². The fraction of sp³-hybridized carbons (Fsp3) is 0.185. The maximum absolute atomic E-state index is 5.84. The highest BCUT2D eigenvalue weighted by Crippen LogP contribution is 2.39. The average molecular weight is 533 g/mol. The Morgan fingerprint density at radius 3 is 2.62 bits per heavy atom. The SMILES string of the molecule is S=C1N[C@@H](c2ccccn2)[C@@H](c2cccn2-c2cccc(Br)c2)N1CCCNc1ccccc1. The molecule has 5 rings (SSSR count). The Labute approximate surface area is 214 Å². The van der Waals surface area contributed by atoms with Crippen molar-refractivity contribution in [2.24, 2.45) is 0 Å². The van der Waals surface area contributed by atoms with E-state index in [1.165, 1.54) is 5.69 Å². The van der Waals surface area contributed by atoms with Gasteiger partial charge in [0.05, 0.1) is 17.8 Å². The molecule has 2 atom stereocenters. The molecule has 172 valence electrons. The third kappa shape index (κ3) is 4.86. The van der Waals surface area contributed by atoms with Crippen molar-refractivity contribution in [2.45, 2.75) is 18.5 Å². The van der Waals surface area contributed by atoms with Crippen molar-refractivity contribution in [3.63, 3.8) is 0 Å². The van der Waals surface area contributed by atoms with Crippen LogP contribution in [0.15, 0.2) is 102 Å². The van der Waals surface area contributed by atoms with Gasteiger partial charge in [-0.25, -0.2) is 0 Å². The Balaban J connectivity index is 1.43. The molecular weight excluding hydrogens is 506 g/mol. The van der Waals surface area contributed by atoms with Crippen LogP contribution < -0.4 is 10.6 Å². The summed E-state index contributed by atoms with van der Waals surface area (Å²) < 4.78 is 3.30. The zero-order chi connectivity index (χ0) is 23.3. The van der Waals surface area contributed by atoms with Crippen molar-refractivity contribution in [3.8, 4) is 5.69 Å². The van der Waals surface area contributed by atoms with Gasteiger partial charge < -0.3 is 20.1 Å². The van der Waals surface area contributed by atoms with Crippen LogP contribution >= 0.6 is 28.1 Å². The number of aromatic nitrogens is 2. The Hall–Kier alpha value is -3.16. The van der Waals surface area contributed by atoms with E-state index in [1.54, 1.807) is 0 Å². The second kappa shape index (κ2) is 10.4. The number of halogens is 1. The summed E-state index contributed by atoms with van der Waals surface area (Å²) in [5.74, 6) is 0. The summed E-state index contributed by atoms with van der Waals surface area (Å²) in [6, 6.07) is 29.0. The fourth-order valence-electron chi connectivity index (χ4n) is 4.50. The zero-order valence-electron chi connectivity index (χ0n) is 18.6. The van der Waals surface area contributed by atoms with E-state index < -0.39 is 0 Å². The molecule has 7 heteroatoms. The van der Waals surface area contributed by atoms with Gasteiger partial charge in [-0.05, 0) is 73.2 Å². The number of pyridine rings is 1. The second-order valence-corrected chi connectivity index (χ2v) is 9.55. The van der Waals surface area contributed by atoms with Gasteiger partial charge in [-0.2, -0.15) is 0 Å². The van der Waals surface area contributed by atoms with Gasteiger partial charge in [-0.1, -0.05) is 46.3 Å². The fourth-order valence-corrected chi connectivity index (χ4v) is 5.22. The van der Waals surface area contributed by atoms with E-state index in [-0.39, 0.29) is 12.1 Å². The Kier molecular flexibility index (Phi) is 6.92. The lowest BCUT2D eigenvalue weighted by Crippen LogP contribution is -2.32. The lowest BCUT2D eigenvalue weighted by Gasteiger charge is -2.29. The molecule has 5 nitrogen and oxygen atoms in total. The van der Waals surface area contributed by atoms with Gasteiger partial charge in [0.25, 0.3) is 0 Å². The van der Waals surface area contributed by atoms with E-state index in [9.17, 15) is 0 Å². The molecule has 0 bridgehead atoms. The summed E-state index contributed by atoms with van der Waals surface area (Å²) in [6.07, 6.45) is 4.92. The van der Waals surface area contributed by atoms with Crippen LogP contribution in [0.3, 0.4) is 0 Å². The number of nitrogens with zero attached hydrogens (tertiary/aromatic N) is 3. The van der Waals surface area contributed by atoms with Crippen LogP contribution in [0.25, 0.3) is 5.69 Å². The summed E-state index contributed by atoms with van der Waals surface area (Å²) in [4.78, 5) is 6.98. The maximum Gasteiger partial charge on any atom is 0.170 e. The highest BCUT2D eigenvalue weighted by atomic mass is 79.9. The number of nitrogens with one attached hydrogen (secondary N) is 2. The highest BCUT2D eigenvalue weighted by Gasteiger charge is 2.40. The minimum absolute atomic E-state index is 0.0214. The van der Waals surface area contributed by atoms with Crippen LogP contribution in [-0.4, -0.2) is 32.7 Å². The van der Waals surface area contributed by atoms with Gasteiger partial charge in [-0.3, -0.25) is 4.98 Å². The number of para-hydroxylation sites is 1. The van der Waals surface area contributed by atoms with Crippen LogP contribution in [0.2, 0.25) is 0 Å². The second-order valence-electron chi connectivity index (χ2n) is 8.25. The molecule has 2 N–H and O–H groups in total. The molecular formula is C27H26BrN5S. The van der Waals surface area contributed by atoms with Gasteiger partial charge in [0.2, 0.25) is 0 Å². The van der Waals surface area contributed by atoms with E-state index in [0.717, 1.165) is 46.2 Å². The number of rotatable bonds is 8. The summed E-state index contributed by atoms with van der Waals surface area (Å²) in [7, 11) is 0. The van der Waals surface area contributed by atoms with Gasteiger partial charge in [0.15, 0.2) is 5.11 Å². The molecule has 0 amide bonds. The molecule has 2 aromatic heterocycles. The molecule has 0 radical (unpaired) electrons. The van der Waals surface area contributed by atoms with Gasteiger partial charge in [0.1, 0.15) is 0 Å². The van der Waals surface area contributed by atoms with Crippen LogP contribution in [-0.2, 0) is 0 Å². The third-order valence-electron chi connectivity index (χ3n) is 6.05. The summed E-state index contributed by atoms with van der Waals surface area (Å²) >= 11 is 9.46. The standard InChI is InChI=1S/C27H26BrN5S/c28-20-9-6-12-22(19-20)32-17-7-14-24(32)26-25(23-13-4-5-15-30-23)31-27(34)33(26)18-8-16-29-21-10-2-1-3-11-21/h1-7,9-15,17,19,25-26,29H,8,16,18H2,(H,31,34)/t25-,26+/m0/s1. The van der Waals surface area contributed by atoms with E-state index in [4.69, 9.17) is 12.2 Å². The van der Waals surface area contributed by atoms with Gasteiger partial charge in [-0.15, -0.1) is 0 Å². The number of anilines is 1. The van der Waals surface area contributed by atoms with Gasteiger partial charge >= 0.3 is 0 Å². The Bertz CT molecular complexity index is 1240. The van der Waals surface area contributed by atoms with Crippen LogP contribution in [0, 0.1) is 0 Å². The molecule has 4 aromatic rings. The summed E-state index contributed by atoms with van der Waals surface area (Å²) in [5, 5.41) is 7.83. The minimum atomic E-state index is -0.0309. The first-order valence-corrected chi connectivity index (χ1v) is 12.6. The minimum Gasteiger partial charge on any atom is -0.385 e. The molecule has 3 heterocycles. The molecule has 1 aliphatic heterocycles. The normalized spacial score (nSPS) is 17.6. The quantitative estimate of drug-likeness (QED) is 0.212. The number of hydrogen-bond donors (Lipinski definition) is 2. The summed E-state index contributed by atoms with van der Waals surface area (Å²) in [6.45, 7) is 1.71. The van der Waals surface area contributed by atoms with Crippen molar-refractivity contribution < 1.29 is 0 Å². The lowest BCUT2D eigenvalue weighted by molar-refractivity contribution is 0.307. The molecule has 1 aliphatic rings. The van der Waals surface area contributed by atoms with Crippen molar-refractivity contribution in [1.82, 2.24) is 19.8 Å². The molecule has 0 unspecified atom stereocenters.